The number of ether oxygens (including phenoxy) is 1. The second kappa shape index (κ2) is 7.79. The first kappa shape index (κ1) is 22.1. The third kappa shape index (κ3) is 3.57. The van der Waals surface area contributed by atoms with Gasteiger partial charge in [-0.1, -0.05) is 18.2 Å². The fraction of sp³-hybridized carbons (Fsp3) is 0.346. The highest BCUT2D eigenvalue weighted by Gasteiger charge is 2.42. The summed E-state index contributed by atoms with van der Waals surface area (Å²) in [5.74, 6) is 1.50. The number of halogens is 2. The molecule has 2 atom stereocenters. The van der Waals surface area contributed by atoms with E-state index in [2.05, 4.69) is 19.4 Å². The van der Waals surface area contributed by atoms with Gasteiger partial charge in [-0.15, -0.1) is 0 Å². The minimum Gasteiger partial charge on any atom is -0.434 e. The van der Waals surface area contributed by atoms with Crippen LogP contribution in [-0.4, -0.2) is 43.2 Å². The fourth-order valence-corrected chi connectivity index (χ4v) is 5.38. The average molecular weight is 478 g/mol. The van der Waals surface area contributed by atoms with E-state index in [1.54, 1.807) is 38.4 Å². The third-order valence-electron chi connectivity index (χ3n) is 6.96. The minimum absolute atomic E-state index is 0.0667. The van der Waals surface area contributed by atoms with Gasteiger partial charge in [0.2, 0.25) is 0 Å². The van der Waals surface area contributed by atoms with Gasteiger partial charge in [0.15, 0.2) is 5.82 Å². The number of imidazole rings is 1. The molecule has 7 nitrogen and oxygen atoms in total. The van der Waals surface area contributed by atoms with E-state index in [9.17, 15) is 13.9 Å². The summed E-state index contributed by atoms with van der Waals surface area (Å²) in [6.45, 7) is 1.03. The van der Waals surface area contributed by atoms with E-state index in [1.807, 2.05) is 31.3 Å². The second-order valence-corrected chi connectivity index (χ2v) is 9.79. The van der Waals surface area contributed by atoms with Gasteiger partial charge in [-0.2, -0.15) is 8.78 Å². The van der Waals surface area contributed by atoms with Crippen molar-refractivity contribution in [3.8, 4) is 16.9 Å². The number of hydrogen-bond acceptors (Lipinski definition) is 6. The van der Waals surface area contributed by atoms with Gasteiger partial charge in [0, 0.05) is 30.1 Å². The Morgan fingerprint density at radius 3 is 2.57 bits per heavy atom. The quantitative estimate of drug-likeness (QED) is 0.455. The number of nitrogens with zero attached hydrogens (tertiary/aromatic N) is 5. The molecule has 2 aromatic carbocycles. The lowest BCUT2D eigenvalue weighted by molar-refractivity contribution is -0.0507. The smallest absolute Gasteiger partial charge is 0.387 e. The topological polar surface area (TPSA) is 76.3 Å². The average Bonchev–Trinajstić information content (AvgIpc) is 3.30. The number of rotatable bonds is 4. The van der Waals surface area contributed by atoms with E-state index in [0.29, 0.717) is 12.4 Å². The summed E-state index contributed by atoms with van der Waals surface area (Å²) < 4.78 is 33.7. The highest BCUT2D eigenvalue weighted by molar-refractivity contribution is 5.83. The SMILES string of the molecule is CN1Cc2cccc(OC(F)F)c2[C@H]2C[C@@H]1c1nc3ccc(-c4cnc(C(C)(C)O)nc4)cc3n12. The zero-order chi connectivity index (χ0) is 24.5. The number of aromatic nitrogens is 4. The third-order valence-corrected chi connectivity index (χ3v) is 6.96. The molecule has 6 rings (SSSR count). The van der Waals surface area contributed by atoms with Gasteiger partial charge in [-0.25, -0.2) is 15.0 Å². The predicted octanol–water partition coefficient (Wildman–Crippen LogP) is 4.80. The Labute approximate surface area is 201 Å². The van der Waals surface area contributed by atoms with Crippen LogP contribution in [0.2, 0.25) is 0 Å². The Morgan fingerprint density at radius 1 is 1.09 bits per heavy atom. The molecule has 1 N–H and O–H groups in total. The molecule has 0 spiro atoms. The number of benzene rings is 2. The molecule has 2 aromatic heterocycles. The van der Waals surface area contributed by atoms with Crippen LogP contribution in [0.25, 0.3) is 22.2 Å². The zero-order valence-electron chi connectivity index (χ0n) is 19.6. The number of alkyl halides is 2. The Kier molecular flexibility index (Phi) is 4.91. The summed E-state index contributed by atoms with van der Waals surface area (Å²) in [5, 5.41) is 10.2. The molecule has 35 heavy (non-hydrogen) atoms. The molecule has 0 unspecified atom stereocenters. The van der Waals surface area contributed by atoms with Crippen molar-refractivity contribution in [3.63, 3.8) is 0 Å². The van der Waals surface area contributed by atoms with Gasteiger partial charge in [0.1, 0.15) is 17.2 Å². The largest absolute Gasteiger partial charge is 0.434 e. The van der Waals surface area contributed by atoms with Crippen molar-refractivity contribution in [2.24, 2.45) is 0 Å². The lowest BCUT2D eigenvalue weighted by Gasteiger charge is -2.24. The lowest BCUT2D eigenvalue weighted by atomic mass is 9.98. The predicted molar refractivity (Wildman–Crippen MR) is 126 cm³/mol. The molecule has 0 saturated heterocycles. The Hall–Kier alpha value is -3.43. The van der Waals surface area contributed by atoms with Gasteiger partial charge in [-0.05, 0) is 56.6 Å². The normalized spacial score (nSPS) is 19.6. The second-order valence-electron chi connectivity index (χ2n) is 9.79. The molecule has 2 aliphatic rings. The molecule has 2 bridgehead atoms. The fourth-order valence-electron chi connectivity index (χ4n) is 5.38. The van der Waals surface area contributed by atoms with Crippen LogP contribution in [-0.2, 0) is 12.1 Å². The molecular formula is C26H25F2N5O2. The summed E-state index contributed by atoms with van der Waals surface area (Å²) in [5.41, 5.74) is 4.14. The standard InChI is InChI=1S/C26H25F2N5O2/c1-26(2,34)24-29-11-16(12-30-24)14-7-8-17-18(9-14)33-19-10-20(23(33)31-17)32(3)13-15-5-4-6-21(22(15)19)35-25(27)28/h4-9,11-12,19-20,25,34H,10,13H2,1-3H3/t19-,20-/m1/s1. The van der Waals surface area contributed by atoms with Gasteiger partial charge < -0.3 is 14.4 Å². The van der Waals surface area contributed by atoms with Crippen LogP contribution in [0.15, 0.2) is 48.8 Å². The first-order chi connectivity index (χ1) is 16.7. The van der Waals surface area contributed by atoms with E-state index in [0.717, 1.165) is 45.5 Å². The Morgan fingerprint density at radius 2 is 1.86 bits per heavy atom. The molecular weight excluding hydrogens is 452 g/mol. The molecule has 0 saturated carbocycles. The maximum Gasteiger partial charge on any atom is 0.387 e. The van der Waals surface area contributed by atoms with Gasteiger partial charge >= 0.3 is 6.61 Å². The van der Waals surface area contributed by atoms with Crippen LogP contribution < -0.4 is 4.74 Å². The van der Waals surface area contributed by atoms with E-state index in [-0.39, 0.29) is 17.8 Å². The van der Waals surface area contributed by atoms with Crippen molar-refractivity contribution in [1.82, 2.24) is 24.4 Å². The summed E-state index contributed by atoms with van der Waals surface area (Å²) in [7, 11) is 2.04. The highest BCUT2D eigenvalue weighted by atomic mass is 19.3. The van der Waals surface area contributed by atoms with Crippen LogP contribution in [0.3, 0.4) is 0 Å². The highest BCUT2D eigenvalue weighted by Crippen LogP contribution is 2.50. The van der Waals surface area contributed by atoms with Crippen molar-refractivity contribution in [3.05, 3.63) is 71.6 Å². The van der Waals surface area contributed by atoms with Crippen molar-refractivity contribution >= 4 is 11.0 Å². The summed E-state index contributed by atoms with van der Waals surface area (Å²) >= 11 is 0. The van der Waals surface area contributed by atoms with Gasteiger partial charge in [0.25, 0.3) is 0 Å². The van der Waals surface area contributed by atoms with Gasteiger partial charge in [-0.3, -0.25) is 4.90 Å². The van der Waals surface area contributed by atoms with Crippen molar-refractivity contribution in [2.75, 3.05) is 7.05 Å². The van der Waals surface area contributed by atoms with Gasteiger partial charge in [0.05, 0.1) is 23.1 Å². The molecule has 180 valence electrons. The lowest BCUT2D eigenvalue weighted by Crippen LogP contribution is -2.23. The first-order valence-electron chi connectivity index (χ1n) is 11.5. The van der Waals surface area contributed by atoms with E-state index in [4.69, 9.17) is 9.72 Å². The minimum atomic E-state index is -2.89. The van der Waals surface area contributed by atoms with Crippen molar-refractivity contribution in [1.29, 1.82) is 0 Å². The van der Waals surface area contributed by atoms with Crippen LogP contribution in [0, 0.1) is 0 Å². The zero-order valence-corrected chi connectivity index (χ0v) is 19.6. The summed E-state index contributed by atoms with van der Waals surface area (Å²) in [6.07, 6.45) is 4.13. The molecule has 4 heterocycles. The number of hydrogen-bond donors (Lipinski definition) is 1. The Bertz CT molecular complexity index is 1430. The maximum atomic E-state index is 13.3. The van der Waals surface area contributed by atoms with E-state index in [1.165, 1.54) is 0 Å². The van der Waals surface area contributed by atoms with Crippen LogP contribution in [0.4, 0.5) is 8.78 Å². The van der Waals surface area contributed by atoms with Crippen molar-refractivity contribution in [2.45, 2.75) is 51.1 Å². The molecule has 0 amide bonds. The van der Waals surface area contributed by atoms with Crippen LogP contribution in [0.5, 0.6) is 5.75 Å². The first-order valence-corrected chi connectivity index (χ1v) is 11.5. The van der Waals surface area contributed by atoms with Crippen LogP contribution in [0.1, 0.15) is 55.1 Å². The van der Waals surface area contributed by atoms with Crippen molar-refractivity contribution < 1.29 is 18.6 Å². The molecule has 0 aliphatic carbocycles. The number of fused-ring (bicyclic) bond motifs is 9. The monoisotopic (exact) mass is 477 g/mol. The molecule has 2 aliphatic heterocycles. The molecule has 9 heteroatoms. The maximum absolute atomic E-state index is 13.3. The number of aliphatic hydroxyl groups is 1. The summed E-state index contributed by atoms with van der Waals surface area (Å²) in [4.78, 5) is 15.8. The molecule has 0 radical (unpaired) electrons. The van der Waals surface area contributed by atoms with E-state index >= 15 is 0 Å². The molecule has 4 aromatic rings. The van der Waals surface area contributed by atoms with Crippen LogP contribution >= 0.6 is 0 Å². The molecule has 0 fully saturated rings. The summed E-state index contributed by atoms with van der Waals surface area (Å²) in [6, 6.07) is 11.3. The Balaban J connectivity index is 1.50. The van der Waals surface area contributed by atoms with E-state index < -0.39 is 12.2 Å².